The highest BCUT2D eigenvalue weighted by atomic mass is 32.1. The number of carbonyl (C=O) groups excluding carboxylic acids is 1. The molecule has 1 unspecified atom stereocenters. The quantitative estimate of drug-likeness (QED) is 0.924. The van der Waals surface area contributed by atoms with E-state index in [1.54, 1.807) is 12.1 Å². The molecule has 0 radical (unpaired) electrons. The zero-order chi connectivity index (χ0) is 17.0. The maximum absolute atomic E-state index is 12.4. The van der Waals surface area contributed by atoms with Gasteiger partial charge in [0.25, 0.3) is 5.91 Å². The second-order valence-electron chi connectivity index (χ2n) is 4.39. The Morgan fingerprint density at radius 2 is 2.13 bits per heavy atom. The Kier molecular flexibility index (Phi) is 4.86. The number of para-hydroxylation sites is 1. The van der Waals surface area contributed by atoms with Crippen LogP contribution in [0.1, 0.15) is 18.2 Å². The number of hydrogen-bond acceptors (Lipinski definition) is 5. The van der Waals surface area contributed by atoms with E-state index in [-0.39, 0.29) is 16.4 Å². The van der Waals surface area contributed by atoms with Gasteiger partial charge in [0, 0.05) is 5.38 Å². The van der Waals surface area contributed by atoms with Gasteiger partial charge in [0.15, 0.2) is 16.9 Å². The number of aromatic nitrogens is 1. The van der Waals surface area contributed by atoms with E-state index >= 15 is 0 Å². The molecule has 23 heavy (non-hydrogen) atoms. The van der Waals surface area contributed by atoms with Gasteiger partial charge in [-0.3, -0.25) is 10.1 Å². The molecule has 1 N–H and O–H groups in total. The Bertz CT molecular complexity index is 752. The number of nitrogens with zero attached hydrogens (tertiary/aromatic N) is 2. The van der Waals surface area contributed by atoms with Crippen molar-refractivity contribution in [3.05, 3.63) is 40.9 Å². The highest BCUT2D eigenvalue weighted by Crippen LogP contribution is 2.31. The second-order valence-corrected chi connectivity index (χ2v) is 5.25. The maximum atomic E-state index is 12.4. The largest absolute Gasteiger partial charge is 0.480 e. The van der Waals surface area contributed by atoms with Gasteiger partial charge in [0.1, 0.15) is 11.8 Å². The van der Waals surface area contributed by atoms with Crippen molar-refractivity contribution in [3.8, 4) is 11.8 Å². The maximum Gasteiger partial charge on any atom is 0.434 e. The summed E-state index contributed by atoms with van der Waals surface area (Å²) in [7, 11) is 0. The molecule has 0 spiro atoms. The monoisotopic (exact) mass is 341 g/mol. The number of benzene rings is 1. The molecule has 1 aromatic carbocycles. The fourth-order valence-electron chi connectivity index (χ4n) is 1.57. The molecular formula is C14H10F3N3O2S. The smallest absolute Gasteiger partial charge is 0.434 e. The van der Waals surface area contributed by atoms with Gasteiger partial charge in [0.05, 0.1) is 5.56 Å². The van der Waals surface area contributed by atoms with Gasteiger partial charge in [0.2, 0.25) is 0 Å². The molecule has 0 saturated heterocycles. The lowest BCUT2D eigenvalue weighted by Gasteiger charge is -2.14. The summed E-state index contributed by atoms with van der Waals surface area (Å²) in [6.07, 6.45) is -5.57. The van der Waals surface area contributed by atoms with Gasteiger partial charge in [-0.25, -0.2) is 4.98 Å². The van der Waals surface area contributed by atoms with Crippen LogP contribution in [0, 0.1) is 11.3 Å². The number of nitriles is 1. The number of hydrogen-bond donors (Lipinski definition) is 1. The third-order valence-corrected chi connectivity index (χ3v) is 3.46. The Morgan fingerprint density at radius 3 is 2.74 bits per heavy atom. The number of ether oxygens (including phenoxy) is 1. The van der Waals surface area contributed by atoms with Crippen molar-refractivity contribution in [1.29, 1.82) is 5.26 Å². The first-order valence-electron chi connectivity index (χ1n) is 6.30. The summed E-state index contributed by atoms with van der Waals surface area (Å²) in [5.41, 5.74) is -0.818. The molecule has 1 amide bonds. The highest BCUT2D eigenvalue weighted by Gasteiger charge is 2.34. The molecule has 0 fully saturated rings. The van der Waals surface area contributed by atoms with E-state index in [0.29, 0.717) is 11.3 Å². The van der Waals surface area contributed by atoms with E-state index in [1.165, 1.54) is 19.1 Å². The van der Waals surface area contributed by atoms with Gasteiger partial charge in [-0.1, -0.05) is 12.1 Å². The Morgan fingerprint density at radius 1 is 1.43 bits per heavy atom. The summed E-state index contributed by atoms with van der Waals surface area (Å²) in [4.78, 5) is 15.2. The minimum atomic E-state index is -4.56. The first kappa shape index (κ1) is 16.8. The van der Waals surface area contributed by atoms with Crippen molar-refractivity contribution in [2.24, 2.45) is 0 Å². The first-order chi connectivity index (χ1) is 10.8. The topological polar surface area (TPSA) is 75.0 Å². The summed E-state index contributed by atoms with van der Waals surface area (Å²) >= 11 is 0.665. The molecular weight excluding hydrogens is 331 g/mol. The summed E-state index contributed by atoms with van der Waals surface area (Å²) in [5, 5.41) is 11.8. The number of alkyl halides is 3. The minimum Gasteiger partial charge on any atom is -0.480 e. The number of amides is 1. The molecule has 0 aliphatic heterocycles. The van der Waals surface area contributed by atoms with Crippen LogP contribution in [0.25, 0.3) is 0 Å². The molecule has 0 aliphatic rings. The summed E-state index contributed by atoms with van der Waals surface area (Å²) in [6.45, 7) is 1.42. The van der Waals surface area contributed by atoms with Crippen molar-refractivity contribution in [2.75, 3.05) is 5.32 Å². The van der Waals surface area contributed by atoms with Crippen LogP contribution in [0.5, 0.6) is 5.75 Å². The van der Waals surface area contributed by atoms with E-state index in [2.05, 4.69) is 10.3 Å². The molecule has 2 rings (SSSR count). The second kappa shape index (κ2) is 6.66. The molecule has 0 bridgehead atoms. The van der Waals surface area contributed by atoms with Gasteiger partial charge in [-0.05, 0) is 19.1 Å². The lowest BCUT2D eigenvalue weighted by Crippen LogP contribution is -2.30. The van der Waals surface area contributed by atoms with Crippen LogP contribution in [0.2, 0.25) is 0 Å². The number of halogens is 3. The third kappa shape index (κ3) is 4.20. The van der Waals surface area contributed by atoms with Crippen molar-refractivity contribution in [1.82, 2.24) is 4.98 Å². The van der Waals surface area contributed by atoms with E-state index in [1.807, 2.05) is 6.07 Å². The minimum absolute atomic E-state index is 0.175. The fraction of sp³-hybridized carbons (Fsp3) is 0.214. The average Bonchev–Trinajstić information content (AvgIpc) is 2.96. The molecule has 1 aromatic heterocycles. The molecule has 2 aromatic rings. The number of thiazole rings is 1. The molecule has 1 atom stereocenters. The Labute approximate surface area is 133 Å². The summed E-state index contributed by atoms with van der Waals surface area (Å²) in [6, 6.07) is 8.24. The average molecular weight is 341 g/mol. The zero-order valence-electron chi connectivity index (χ0n) is 11.7. The third-order valence-electron chi connectivity index (χ3n) is 2.71. The number of anilines is 1. The van der Waals surface area contributed by atoms with Crippen molar-refractivity contribution < 1.29 is 22.7 Å². The van der Waals surface area contributed by atoms with Crippen LogP contribution in [0.4, 0.5) is 18.3 Å². The van der Waals surface area contributed by atoms with Crippen LogP contribution in [-0.2, 0) is 11.0 Å². The predicted octanol–water partition coefficient (Wildman–Crippen LogP) is 3.44. The van der Waals surface area contributed by atoms with Crippen LogP contribution >= 0.6 is 11.3 Å². The van der Waals surface area contributed by atoms with Crippen LogP contribution in [-0.4, -0.2) is 17.0 Å². The highest BCUT2D eigenvalue weighted by molar-refractivity contribution is 7.13. The van der Waals surface area contributed by atoms with Crippen LogP contribution < -0.4 is 10.1 Å². The van der Waals surface area contributed by atoms with Gasteiger partial charge < -0.3 is 4.74 Å². The SMILES string of the molecule is CC(Oc1ccccc1C#N)C(=O)Nc1nc(C(F)(F)F)cs1. The molecule has 9 heteroatoms. The molecule has 120 valence electrons. The molecule has 1 heterocycles. The summed E-state index contributed by atoms with van der Waals surface area (Å²) in [5.74, 6) is -0.450. The van der Waals surface area contributed by atoms with E-state index in [4.69, 9.17) is 10.00 Å². The standard InChI is InChI=1S/C14H10F3N3O2S/c1-8(22-10-5-3-2-4-9(10)6-18)12(21)20-13-19-11(7-23-13)14(15,16)17/h2-5,7-8H,1H3,(H,19,20,21). The Hall–Kier alpha value is -2.60. The van der Waals surface area contributed by atoms with Crippen molar-refractivity contribution in [3.63, 3.8) is 0 Å². The van der Waals surface area contributed by atoms with E-state index in [9.17, 15) is 18.0 Å². The van der Waals surface area contributed by atoms with Crippen LogP contribution in [0.15, 0.2) is 29.6 Å². The van der Waals surface area contributed by atoms with E-state index < -0.39 is 23.9 Å². The fourth-order valence-corrected chi connectivity index (χ4v) is 2.29. The number of carbonyl (C=O) groups is 1. The van der Waals surface area contributed by atoms with Crippen molar-refractivity contribution >= 4 is 22.4 Å². The van der Waals surface area contributed by atoms with Crippen LogP contribution in [0.3, 0.4) is 0 Å². The predicted molar refractivity (Wildman–Crippen MR) is 77.0 cm³/mol. The zero-order valence-corrected chi connectivity index (χ0v) is 12.5. The van der Waals surface area contributed by atoms with Gasteiger partial charge in [-0.15, -0.1) is 11.3 Å². The first-order valence-corrected chi connectivity index (χ1v) is 7.18. The summed E-state index contributed by atoms with van der Waals surface area (Å²) < 4.78 is 42.7. The number of nitrogens with one attached hydrogen (secondary N) is 1. The molecule has 0 aliphatic carbocycles. The van der Waals surface area contributed by atoms with Gasteiger partial charge in [-0.2, -0.15) is 18.4 Å². The van der Waals surface area contributed by atoms with Crippen molar-refractivity contribution in [2.45, 2.75) is 19.2 Å². The van der Waals surface area contributed by atoms with Gasteiger partial charge >= 0.3 is 6.18 Å². The Balaban J connectivity index is 2.03. The molecule has 5 nitrogen and oxygen atoms in total. The normalized spacial score (nSPS) is 12.3. The lowest BCUT2D eigenvalue weighted by molar-refractivity contribution is -0.140. The van der Waals surface area contributed by atoms with E-state index in [0.717, 1.165) is 5.38 Å². The number of rotatable bonds is 4. The molecule has 0 saturated carbocycles. The lowest BCUT2D eigenvalue weighted by atomic mass is 10.2.